The van der Waals surface area contributed by atoms with E-state index in [1.54, 1.807) is 18.2 Å². The molecule has 8 heteroatoms. The Morgan fingerprint density at radius 3 is 2.08 bits per heavy atom. The normalized spacial score (nSPS) is 11.8. The third kappa shape index (κ3) is 14.2. The van der Waals surface area contributed by atoms with Crippen LogP contribution in [0.25, 0.3) is 11.4 Å². The molecule has 0 saturated heterocycles. The summed E-state index contributed by atoms with van der Waals surface area (Å²) in [6, 6.07) is 6.55. The Morgan fingerprint density at radius 1 is 0.892 bits per heavy atom. The second-order valence-electron chi connectivity index (χ2n) is 10.1. The molecule has 37 heavy (non-hydrogen) atoms. The Labute approximate surface area is 228 Å². The van der Waals surface area contributed by atoms with Crippen LogP contribution in [-0.4, -0.2) is 27.0 Å². The average molecular weight is 532 g/mol. The van der Waals surface area contributed by atoms with Crippen molar-refractivity contribution in [3.05, 3.63) is 24.3 Å². The second-order valence-corrected chi connectivity index (χ2v) is 10.9. The molecule has 1 aromatic carbocycles. The van der Waals surface area contributed by atoms with Crippen molar-refractivity contribution >= 4 is 22.7 Å². The van der Waals surface area contributed by atoms with Crippen molar-refractivity contribution < 1.29 is 9.90 Å². The highest BCUT2D eigenvalue weighted by Gasteiger charge is 2.12. The summed E-state index contributed by atoms with van der Waals surface area (Å²) in [4.78, 5) is 16.8. The minimum Gasteiger partial charge on any atom is -0.508 e. The molecular formula is C29H49N5O2S. The fraction of sp³-hybridized carbons (Fsp3) is 0.690. The highest BCUT2D eigenvalue weighted by Crippen LogP contribution is 2.23. The van der Waals surface area contributed by atoms with E-state index < -0.39 is 0 Å². The van der Waals surface area contributed by atoms with Crippen molar-refractivity contribution in [3.8, 4) is 17.1 Å². The first-order valence-electron chi connectivity index (χ1n) is 14.5. The van der Waals surface area contributed by atoms with E-state index in [-0.39, 0.29) is 11.8 Å². The number of nitrogens with zero attached hydrogens (tertiary/aromatic N) is 2. The molecule has 2 amide bonds. The van der Waals surface area contributed by atoms with Gasteiger partial charge in [0, 0.05) is 23.6 Å². The standard InChI is InChI=1S/C29H49N5O2S/c1-3-5-7-9-11-12-14-16-19-24(18-15-13-10-8-6-4-2)23-30-28(36)32-33-29-31-27(34-37-29)25-20-17-21-26(35)22-25/h17,20-22,24,35H,3-16,18-19,23H2,1-2H3,(H2,30,32,36)(H,31,33,34). The number of hydrogen-bond acceptors (Lipinski definition) is 6. The van der Waals surface area contributed by atoms with E-state index in [9.17, 15) is 9.90 Å². The van der Waals surface area contributed by atoms with Crippen molar-refractivity contribution in [3.63, 3.8) is 0 Å². The van der Waals surface area contributed by atoms with Crippen molar-refractivity contribution in [1.82, 2.24) is 20.1 Å². The Morgan fingerprint density at radius 2 is 1.49 bits per heavy atom. The molecule has 0 radical (unpaired) electrons. The molecule has 1 heterocycles. The highest BCUT2D eigenvalue weighted by atomic mass is 32.1. The van der Waals surface area contributed by atoms with Gasteiger partial charge < -0.3 is 10.4 Å². The SMILES string of the molecule is CCCCCCCCCCC(CCCCCCCC)CNC(=O)NNc1nc(-c2cccc(O)c2)ns1. The number of phenols is 1. The van der Waals surface area contributed by atoms with Crippen LogP contribution in [0.3, 0.4) is 0 Å². The molecule has 0 saturated carbocycles. The van der Waals surface area contributed by atoms with Gasteiger partial charge in [-0.05, 0) is 30.9 Å². The molecule has 0 aliphatic rings. The maximum atomic E-state index is 12.4. The zero-order valence-corrected chi connectivity index (χ0v) is 23.9. The maximum absolute atomic E-state index is 12.4. The van der Waals surface area contributed by atoms with Gasteiger partial charge in [0.15, 0.2) is 5.82 Å². The molecule has 7 nitrogen and oxygen atoms in total. The summed E-state index contributed by atoms with van der Waals surface area (Å²) in [5, 5.41) is 13.2. The van der Waals surface area contributed by atoms with Gasteiger partial charge in [-0.15, -0.1) is 0 Å². The molecule has 0 aliphatic carbocycles. The molecule has 0 fully saturated rings. The van der Waals surface area contributed by atoms with Gasteiger partial charge >= 0.3 is 6.03 Å². The number of phenolic OH excluding ortho intramolecular Hbond substituents is 1. The molecule has 208 valence electrons. The fourth-order valence-electron chi connectivity index (χ4n) is 4.56. The summed E-state index contributed by atoms with van der Waals surface area (Å²) in [7, 11) is 0. The van der Waals surface area contributed by atoms with Gasteiger partial charge in [-0.2, -0.15) is 9.36 Å². The molecule has 2 aromatic rings. The van der Waals surface area contributed by atoms with Crippen LogP contribution in [0.4, 0.5) is 9.93 Å². The van der Waals surface area contributed by atoms with Crippen LogP contribution in [0.5, 0.6) is 5.75 Å². The summed E-state index contributed by atoms with van der Waals surface area (Å²) >= 11 is 1.16. The summed E-state index contributed by atoms with van der Waals surface area (Å²) in [6.07, 6.45) is 20.8. The lowest BCUT2D eigenvalue weighted by molar-refractivity contribution is 0.239. The first-order valence-corrected chi connectivity index (χ1v) is 15.3. The van der Waals surface area contributed by atoms with Crippen molar-refractivity contribution in [2.45, 2.75) is 117 Å². The van der Waals surface area contributed by atoms with Gasteiger partial charge in [-0.3, -0.25) is 5.43 Å². The summed E-state index contributed by atoms with van der Waals surface area (Å²) in [5.74, 6) is 1.20. The van der Waals surface area contributed by atoms with E-state index in [1.807, 2.05) is 6.07 Å². The molecule has 1 unspecified atom stereocenters. The minimum absolute atomic E-state index is 0.168. The lowest BCUT2D eigenvalue weighted by Crippen LogP contribution is -2.41. The van der Waals surface area contributed by atoms with Gasteiger partial charge in [0.2, 0.25) is 5.13 Å². The zero-order valence-electron chi connectivity index (χ0n) is 23.1. The lowest BCUT2D eigenvalue weighted by atomic mass is 9.94. The zero-order chi connectivity index (χ0) is 26.6. The monoisotopic (exact) mass is 531 g/mol. The number of aromatic nitrogens is 2. The number of amides is 2. The first-order chi connectivity index (χ1) is 18.1. The third-order valence-electron chi connectivity index (χ3n) is 6.80. The molecule has 1 atom stereocenters. The molecule has 0 bridgehead atoms. The number of aromatic hydroxyl groups is 1. The van der Waals surface area contributed by atoms with Crippen molar-refractivity contribution in [1.29, 1.82) is 0 Å². The minimum atomic E-state index is -0.252. The number of benzene rings is 1. The Kier molecular flexibility index (Phi) is 16.5. The summed E-state index contributed by atoms with van der Waals surface area (Å²) in [5.41, 5.74) is 6.26. The first kappa shape index (κ1) is 30.9. The third-order valence-corrected chi connectivity index (χ3v) is 7.43. The van der Waals surface area contributed by atoms with Gasteiger partial charge in [-0.1, -0.05) is 116 Å². The van der Waals surface area contributed by atoms with Crippen LogP contribution in [-0.2, 0) is 0 Å². The topological polar surface area (TPSA) is 99.2 Å². The molecule has 4 N–H and O–H groups in total. The van der Waals surface area contributed by atoms with Gasteiger partial charge in [0.25, 0.3) is 0 Å². The van der Waals surface area contributed by atoms with Crippen LogP contribution in [0.2, 0.25) is 0 Å². The van der Waals surface area contributed by atoms with Gasteiger partial charge in [-0.25, -0.2) is 10.2 Å². The Bertz CT molecular complexity index is 860. The van der Waals surface area contributed by atoms with E-state index >= 15 is 0 Å². The Hall–Kier alpha value is -2.35. The van der Waals surface area contributed by atoms with Crippen LogP contribution >= 0.6 is 11.5 Å². The second kappa shape index (κ2) is 19.7. The van der Waals surface area contributed by atoms with Crippen molar-refractivity contribution in [2.24, 2.45) is 5.92 Å². The number of nitrogens with one attached hydrogen (secondary N) is 3. The largest absolute Gasteiger partial charge is 0.508 e. The summed E-state index contributed by atoms with van der Waals surface area (Å²) in [6.45, 7) is 5.22. The van der Waals surface area contributed by atoms with Crippen LogP contribution < -0.4 is 16.2 Å². The molecule has 0 spiro atoms. The maximum Gasteiger partial charge on any atom is 0.333 e. The number of carbonyl (C=O) groups excluding carboxylic acids is 1. The molecule has 1 aromatic heterocycles. The van der Waals surface area contributed by atoms with E-state index in [1.165, 1.54) is 103 Å². The van der Waals surface area contributed by atoms with E-state index in [2.05, 4.69) is 39.4 Å². The van der Waals surface area contributed by atoms with E-state index in [0.717, 1.165) is 17.1 Å². The van der Waals surface area contributed by atoms with Gasteiger partial charge in [0.1, 0.15) is 5.75 Å². The average Bonchev–Trinajstić information content (AvgIpc) is 3.38. The number of carbonyl (C=O) groups is 1. The molecule has 0 aliphatic heterocycles. The number of hydrogen-bond donors (Lipinski definition) is 4. The predicted molar refractivity (Wildman–Crippen MR) is 156 cm³/mol. The van der Waals surface area contributed by atoms with Crippen LogP contribution in [0.1, 0.15) is 117 Å². The van der Waals surface area contributed by atoms with Crippen molar-refractivity contribution in [2.75, 3.05) is 12.0 Å². The van der Waals surface area contributed by atoms with E-state index in [4.69, 9.17) is 0 Å². The van der Waals surface area contributed by atoms with Crippen LogP contribution in [0, 0.1) is 5.92 Å². The summed E-state index contributed by atoms with van der Waals surface area (Å²) < 4.78 is 4.29. The number of hydrazine groups is 1. The smallest absolute Gasteiger partial charge is 0.333 e. The number of rotatable bonds is 21. The predicted octanol–water partition coefficient (Wildman–Crippen LogP) is 8.43. The molecular weight excluding hydrogens is 482 g/mol. The Balaban J connectivity index is 1.70. The number of urea groups is 1. The van der Waals surface area contributed by atoms with E-state index in [0.29, 0.717) is 23.4 Å². The number of unbranched alkanes of at least 4 members (excludes halogenated alkanes) is 12. The highest BCUT2D eigenvalue weighted by molar-refractivity contribution is 7.09. The number of anilines is 1. The molecule has 2 rings (SSSR count). The van der Waals surface area contributed by atoms with Gasteiger partial charge in [0.05, 0.1) is 0 Å². The lowest BCUT2D eigenvalue weighted by Gasteiger charge is -2.18. The van der Waals surface area contributed by atoms with Crippen LogP contribution in [0.15, 0.2) is 24.3 Å². The quantitative estimate of drug-likeness (QED) is 0.0957. The fourth-order valence-corrected chi connectivity index (χ4v) is 5.10.